The second-order valence-corrected chi connectivity index (χ2v) is 10.4. The van der Waals surface area contributed by atoms with E-state index in [4.69, 9.17) is 9.47 Å². The molecule has 0 saturated carbocycles. The van der Waals surface area contributed by atoms with E-state index in [0.29, 0.717) is 51.4 Å². The molecule has 0 spiro atoms. The van der Waals surface area contributed by atoms with Gasteiger partial charge in [0.05, 0.1) is 25.8 Å². The van der Waals surface area contributed by atoms with Gasteiger partial charge in [0.15, 0.2) is 0 Å². The van der Waals surface area contributed by atoms with Crippen LogP contribution in [0.25, 0.3) is 0 Å². The Hall–Kier alpha value is -3.65. The summed E-state index contributed by atoms with van der Waals surface area (Å²) in [6.45, 7) is 4.31. The smallest absolute Gasteiger partial charge is 0.227 e. The van der Waals surface area contributed by atoms with E-state index >= 15 is 0 Å². The predicted octanol–water partition coefficient (Wildman–Crippen LogP) is 4.94. The number of amides is 1. The number of rotatable bonds is 7. The average molecular weight is 536 g/mol. The van der Waals surface area contributed by atoms with E-state index in [1.54, 1.807) is 26.4 Å². The Morgan fingerprint density at radius 1 is 0.872 bits per heavy atom. The highest BCUT2D eigenvalue weighted by Gasteiger charge is 2.36. The molecule has 2 unspecified atom stereocenters. The van der Waals surface area contributed by atoms with E-state index in [9.17, 15) is 13.6 Å². The number of hydrogen-bond acceptors (Lipinski definition) is 5. The fraction of sp³-hybridized carbons (Fsp3) is 0.387. The van der Waals surface area contributed by atoms with Crippen LogP contribution in [-0.4, -0.2) is 69.2 Å². The second-order valence-electron chi connectivity index (χ2n) is 10.4. The monoisotopic (exact) mass is 535 g/mol. The molecule has 0 bridgehead atoms. The lowest BCUT2D eigenvalue weighted by atomic mass is 9.83. The van der Waals surface area contributed by atoms with Crippen LogP contribution < -0.4 is 14.4 Å². The van der Waals surface area contributed by atoms with Crippen molar-refractivity contribution in [2.75, 3.05) is 58.4 Å². The van der Waals surface area contributed by atoms with Crippen LogP contribution >= 0.6 is 0 Å². The molecule has 3 aromatic carbocycles. The largest absolute Gasteiger partial charge is 0.497 e. The standard InChI is InChI=1S/C31H35F2N3O3/c1-38-27-15-22(16-28(18-27)39-2)19-34-20-24(23-7-9-26(32)10-8-23)17-25(21-34)31(37)36-13-11-35(12-14-36)30-6-4-3-5-29(30)33/h3-10,15-16,18,24-25H,11-14,17,19-21H2,1-2H3. The maximum Gasteiger partial charge on any atom is 0.227 e. The van der Waals surface area contributed by atoms with Crippen molar-refractivity contribution in [3.63, 3.8) is 0 Å². The SMILES string of the molecule is COc1cc(CN2CC(C(=O)N3CCN(c4ccccc4F)CC3)CC(c3ccc(F)cc3)C2)cc(OC)c1. The van der Waals surface area contributed by atoms with Gasteiger partial charge in [-0.2, -0.15) is 0 Å². The zero-order valence-electron chi connectivity index (χ0n) is 22.5. The second kappa shape index (κ2) is 12.0. The minimum atomic E-state index is -0.268. The number of carbonyl (C=O) groups is 1. The average Bonchev–Trinajstić information content (AvgIpc) is 2.97. The fourth-order valence-electron chi connectivity index (χ4n) is 5.82. The lowest BCUT2D eigenvalue weighted by molar-refractivity contribution is -0.138. The molecule has 206 valence electrons. The predicted molar refractivity (Wildman–Crippen MR) is 147 cm³/mol. The Morgan fingerprint density at radius 2 is 1.54 bits per heavy atom. The highest BCUT2D eigenvalue weighted by atomic mass is 19.1. The van der Waals surface area contributed by atoms with Crippen LogP contribution in [0.3, 0.4) is 0 Å². The molecule has 2 heterocycles. The van der Waals surface area contributed by atoms with Gasteiger partial charge < -0.3 is 19.3 Å². The van der Waals surface area contributed by atoms with Gasteiger partial charge in [-0.3, -0.25) is 9.69 Å². The van der Waals surface area contributed by atoms with Gasteiger partial charge in [-0.15, -0.1) is 0 Å². The molecule has 0 aliphatic carbocycles. The molecule has 2 fully saturated rings. The van der Waals surface area contributed by atoms with Crippen LogP contribution in [0.5, 0.6) is 11.5 Å². The van der Waals surface area contributed by atoms with E-state index in [0.717, 1.165) is 29.2 Å². The fourth-order valence-corrected chi connectivity index (χ4v) is 5.82. The Kier molecular flexibility index (Phi) is 8.31. The Labute approximate surface area is 228 Å². The number of hydrogen-bond donors (Lipinski definition) is 0. The topological polar surface area (TPSA) is 45.2 Å². The first-order valence-electron chi connectivity index (χ1n) is 13.4. The normalized spacial score (nSPS) is 20.1. The van der Waals surface area contributed by atoms with Crippen molar-refractivity contribution in [3.8, 4) is 11.5 Å². The van der Waals surface area contributed by atoms with Crippen molar-refractivity contribution in [3.05, 3.63) is 89.5 Å². The molecule has 0 aromatic heterocycles. The highest BCUT2D eigenvalue weighted by molar-refractivity contribution is 5.79. The zero-order chi connectivity index (χ0) is 27.4. The van der Waals surface area contributed by atoms with Gasteiger partial charge in [0.1, 0.15) is 23.1 Å². The molecule has 39 heavy (non-hydrogen) atoms. The summed E-state index contributed by atoms with van der Waals surface area (Å²) in [6, 6.07) is 19.2. The van der Waals surface area contributed by atoms with E-state index in [2.05, 4.69) is 4.90 Å². The number of ether oxygens (including phenoxy) is 2. The first kappa shape index (κ1) is 26.9. The molecule has 3 aromatic rings. The molecule has 5 rings (SSSR count). The van der Waals surface area contributed by atoms with E-state index in [-0.39, 0.29) is 29.4 Å². The van der Waals surface area contributed by atoms with Crippen LogP contribution in [0.15, 0.2) is 66.7 Å². The van der Waals surface area contributed by atoms with Crippen LogP contribution in [0, 0.1) is 17.6 Å². The number of carbonyl (C=O) groups excluding carboxylic acids is 1. The molecular weight excluding hydrogens is 500 g/mol. The first-order chi connectivity index (χ1) is 18.9. The number of piperazine rings is 1. The van der Waals surface area contributed by atoms with Gasteiger partial charge in [0.25, 0.3) is 0 Å². The summed E-state index contributed by atoms with van der Waals surface area (Å²) in [5.74, 6) is 0.963. The number of likely N-dealkylation sites (tertiary alicyclic amines) is 1. The van der Waals surface area contributed by atoms with Crippen molar-refractivity contribution in [2.24, 2.45) is 5.92 Å². The van der Waals surface area contributed by atoms with Gasteiger partial charge in [0.2, 0.25) is 5.91 Å². The molecule has 6 nitrogen and oxygen atoms in total. The first-order valence-corrected chi connectivity index (χ1v) is 13.4. The summed E-state index contributed by atoms with van der Waals surface area (Å²) >= 11 is 0. The van der Waals surface area contributed by atoms with Gasteiger partial charge >= 0.3 is 0 Å². The van der Waals surface area contributed by atoms with E-state index < -0.39 is 0 Å². The van der Waals surface area contributed by atoms with Gasteiger partial charge in [-0.1, -0.05) is 24.3 Å². The van der Waals surface area contributed by atoms with E-state index in [1.165, 1.54) is 18.2 Å². The van der Waals surface area contributed by atoms with Gasteiger partial charge in [-0.05, 0) is 59.9 Å². The van der Waals surface area contributed by atoms with Crippen molar-refractivity contribution in [1.29, 1.82) is 0 Å². The maximum absolute atomic E-state index is 14.3. The molecular formula is C31H35F2N3O3. The van der Waals surface area contributed by atoms with Crippen LogP contribution in [0.2, 0.25) is 0 Å². The summed E-state index contributed by atoms with van der Waals surface area (Å²) in [5.41, 5.74) is 2.65. The maximum atomic E-state index is 14.3. The number of halogens is 2. The van der Waals surface area contributed by atoms with Gasteiger partial charge in [-0.25, -0.2) is 8.78 Å². The van der Waals surface area contributed by atoms with Crippen molar-refractivity contribution in [1.82, 2.24) is 9.80 Å². The minimum Gasteiger partial charge on any atom is -0.497 e. The van der Waals surface area contributed by atoms with Crippen LogP contribution in [0.1, 0.15) is 23.5 Å². The zero-order valence-corrected chi connectivity index (χ0v) is 22.5. The van der Waals surface area contributed by atoms with Crippen LogP contribution in [-0.2, 0) is 11.3 Å². The van der Waals surface area contributed by atoms with Crippen molar-refractivity contribution in [2.45, 2.75) is 18.9 Å². The number of piperidine rings is 1. The lowest BCUT2D eigenvalue weighted by Gasteiger charge is -2.42. The number of benzene rings is 3. The molecule has 8 heteroatoms. The third kappa shape index (κ3) is 6.33. The summed E-state index contributed by atoms with van der Waals surface area (Å²) in [5, 5.41) is 0. The molecule has 0 radical (unpaired) electrons. The third-order valence-corrected chi connectivity index (χ3v) is 7.82. The molecule has 2 atom stereocenters. The molecule has 0 N–H and O–H groups in total. The van der Waals surface area contributed by atoms with Gasteiger partial charge in [0, 0.05) is 51.9 Å². The Morgan fingerprint density at radius 3 is 2.18 bits per heavy atom. The molecule has 2 aliphatic rings. The quantitative estimate of drug-likeness (QED) is 0.429. The lowest BCUT2D eigenvalue weighted by Crippen LogP contribution is -2.53. The summed E-state index contributed by atoms with van der Waals surface area (Å²) in [6.07, 6.45) is 0.704. The number of para-hydroxylation sites is 1. The van der Waals surface area contributed by atoms with Crippen LogP contribution in [0.4, 0.5) is 14.5 Å². The molecule has 2 saturated heterocycles. The highest BCUT2D eigenvalue weighted by Crippen LogP contribution is 2.34. The number of methoxy groups -OCH3 is 2. The Balaban J connectivity index is 1.32. The minimum absolute atomic E-state index is 0.0977. The number of anilines is 1. The third-order valence-electron chi connectivity index (χ3n) is 7.82. The van der Waals surface area contributed by atoms with Crippen molar-refractivity contribution >= 4 is 11.6 Å². The summed E-state index contributed by atoms with van der Waals surface area (Å²) in [7, 11) is 3.26. The summed E-state index contributed by atoms with van der Waals surface area (Å²) < 4.78 is 38.9. The van der Waals surface area contributed by atoms with Crippen molar-refractivity contribution < 1.29 is 23.0 Å². The Bertz CT molecular complexity index is 1260. The summed E-state index contributed by atoms with van der Waals surface area (Å²) in [4.78, 5) is 20.0. The molecule has 1 amide bonds. The molecule has 2 aliphatic heterocycles. The number of nitrogens with zero attached hydrogens (tertiary/aromatic N) is 3. The van der Waals surface area contributed by atoms with E-state index in [1.807, 2.05) is 46.2 Å².